The van der Waals surface area contributed by atoms with Crippen LogP contribution in [0.1, 0.15) is 18.4 Å². The van der Waals surface area contributed by atoms with E-state index in [1.165, 1.54) is 12.8 Å². The molecular weight excluding hydrogens is 194 g/mol. The molecule has 0 spiro atoms. The first-order valence-corrected chi connectivity index (χ1v) is 6.04. The molecule has 1 aliphatic rings. The molecule has 76 valence electrons. The predicted molar refractivity (Wildman–Crippen MR) is 60.7 cm³/mol. The van der Waals surface area contributed by atoms with Gasteiger partial charge in [-0.15, -0.1) is 0 Å². The van der Waals surface area contributed by atoms with Gasteiger partial charge >= 0.3 is 0 Å². The van der Waals surface area contributed by atoms with Crippen molar-refractivity contribution in [3.63, 3.8) is 0 Å². The molecule has 1 fully saturated rings. The van der Waals surface area contributed by atoms with Crippen LogP contribution in [-0.2, 0) is 0 Å². The SMILES string of the molecule is CSC1(CNc2ncc(C)cn2)CC1. The smallest absolute Gasteiger partial charge is 0.222 e. The zero-order valence-electron chi connectivity index (χ0n) is 8.58. The molecule has 1 saturated carbocycles. The fourth-order valence-electron chi connectivity index (χ4n) is 1.32. The number of aromatic nitrogens is 2. The van der Waals surface area contributed by atoms with Gasteiger partial charge in [-0.1, -0.05) is 0 Å². The lowest BCUT2D eigenvalue weighted by molar-refractivity contribution is 0.924. The summed E-state index contributed by atoms with van der Waals surface area (Å²) in [5.41, 5.74) is 1.10. The Labute approximate surface area is 88.7 Å². The van der Waals surface area contributed by atoms with Crippen LogP contribution in [-0.4, -0.2) is 27.5 Å². The Balaban J connectivity index is 1.89. The van der Waals surface area contributed by atoms with Crippen molar-refractivity contribution >= 4 is 17.7 Å². The van der Waals surface area contributed by atoms with Crippen LogP contribution >= 0.6 is 11.8 Å². The lowest BCUT2D eigenvalue weighted by atomic mass is 10.4. The Morgan fingerprint density at radius 1 is 1.43 bits per heavy atom. The van der Waals surface area contributed by atoms with Gasteiger partial charge in [-0.05, 0) is 31.6 Å². The number of nitrogens with one attached hydrogen (secondary N) is 1. The molecule has 1 aliphatic carbocycles. The van der Waals surface area contributed by atoms with Gasteiger partial charge in [0, 0.05) is 23.7 Å². The highest BCUT2D eigenvalue weighted by atomic mass is 32.2. The monoisotopic (exact) mass is 209 g/mol. The van der Waals surface area contributed by atoms with Crippen LogP contribution in [0, 0.1) is 6.92 Å². The fraction of sp³-hybridized carbons (Fsp3) is 0.600. The third kappa shape index (κ3) is 2.18. The summed E-state index contributed by atoms with van der Waals surface area (Å²) >= 11 is 1.94. The van der Waals surface area contributed by atoms with Crippen LogP contribution in [0.2, 0.25) is 0 Å². The summed E-state index contributed by atoms with van der Waals surface area (Å²) in [4.78, 5) is 8.42. The van der Waals surface area contributed by atoms with Crippen molar-refractivity contribution in [2.75, 3.05) is 18.1 Å². The van der Waals surface area contributed by atoms with Crippen molar-refractivity contribution in [1.29, 1.82) is 0 Å². The zero-order valence-corrected chi connectivity index (χ0v) is 9.40. The summed E-state index contributed by atoms with van der Waals surface area (Å²) < 4.78 is 0.467. The predicted octanol–water partition coefficient (Wildman–Crippen LogP) is 2.09. The van der Waals surface area contributed by atoms with Gasteiger partial charge in [0.2, 0.25) is 5.95 Å². The molecule has 0 unspecified atom stereocenters. The number of nitrogens with zero attached hydrogens (tertiary/aromatic N) is 2. The van der Waals surface area contributed by atoms with Gasteiger partial charge in [0.15, 0.2) is 0 Å². The minimum atomic E-state index is 0.467. The highest BCUT2D eigenvalue weighted by Gasteiger charge is 2.41. The molecule has 2 rings (SSSR count). The maximum atomic E-state index is 4.21. The summed E-state index contributed by atoms with van der Waals surface area (Å²) in [7, 11) is 0. The van der Waals surface area contributed by atoms with Crippen LogP contribution in [0.15, 0.2) is 12.4 Å². The van der Waals surface area contributed by atoms with Crippen molar-refractivity contribution in [3.05, 3.63) is 18.0 Å². The van der Waals surface area contributed by atoms with Gasteiger partial charge in [-0.2, -0.15) is 11.8 Å². The normalized spacial score (nSPS) is 17.9. The third-order valence-electron chi connectivity index (χ3n) is 2.59. The van der Waals surface area contributed by atoms with E-state index in [0.29, 0.717) is 4.75 Å². The van der Waals surface area contributed by atoms with Crippen molar-refractivity contribution in [2.24, 2.45) is 0 Å². The van der Waals surface area contributed by atoms with Crippen LogP contribution in [0.3, 0.4) is 0 Å². The Bertz CT molecular complexity index is 306. The van der Waals surface area contributed by atoms with Gasteiger partial charge in [-0.3, -0.25) is 0 Å². The largest absolute Gasteiger partial charge is 0.353 e. The molecular formula is C10H15N3S. The molecule has 0 aromatic carbocycles. The van der Waals surface area contributed by atoms with Crippen molar-refractivity contribution < 1.29 is 0 Å². The van der Waals surface area contributed by atoms with E-state index in [2.05, 4.69) is 21.5 Å². The van der Waals surface area contributed by atoms with Crippen LogP contribution < -0.4 is 5.32 Å². The quantitative estimate of drug-likeness (QED) is 0.824. The molecule has 4 heteroatoms. The number of anilines is 1. The topological polar surface area (TPSA) is 37.8 Å². The summed E-state index contributed by atoms with van der Waals surface area (Å²) in [6.07, 6.45) is 8.48. The highest BCUT2D eigenvalue weighted by Crippen LogP contribution is 2.46. The summed E-state index contributed by atoms with van der Waals surface area (Å²) in [6.45, 7) is 2.98. The molecule has 1 N–H and O–H groups in total. The standard InChI is InChI=1S/C10H15N3S/c1-8-5-11-9(12-6-8)13-7-10(14-2)3-4-10/h5-6H,3-4,7H2,1-2H3,(H,11,12,13). The maximum Gasteiger partial charge on any atom is 0.222 e. The molecule has 0 amide bonds. The maximum absolute atomic E-state index is 4.21. The first kappa shape index (κ1) is 9.77. The van der Waals surface area contributed by atoms with Gasteiger partial charge in [0.05, 0.1) is 0 Å². The Kier molecular flexibility index (Phi) is 2.63. The second-order valence-corrected chi connectivity index (χ2v) is 5.10. The summed E-state index contributed by atoms with van der Waals surface area (Å²) in [5, 5.41) is 3.28. The molecule has 0 saturated heterocycles. The van der Waals surface area contributed by atoms with E-state index in [1.807, 2.05) is 31.1 Å². The number of hydrogen-bond acceptors (Lipinski definition) is 4. The first-order valence-electron chi connectivity index (χ1n) is 4.82. The van der Waals surface area contributed by atoms with Gasteiger partial charge in [0.1, 0.15) is 0 Å². The number of thioether (sulfide) groups is 1. The minimum Gasteiger partial charge on any atom is -0.353 e. The average Bonchev–Trinajstić information content (AvgIpc) is 2.98. The van der Waals surface area contributed by atoms with Crippen LogP contribution in [0.4, 0.5) is 5.95 Å². The molecule has 1 aromatic heterocycles. The highest BCUT2D eigenvalue weighted by molar-refractivity contribution is 8.00. The molecule has 1 heterocycles. The Morgan fingerprint density at radius 3 is 2.57 bits per heavy atom. The van der Waals surface area contributed by atoms with Crippen molar-refractivity contribution in [3.8, 4) is 0 Å². The van der Waals surface area contributed by atoms with Gasteiger partial charge in [-0.25, -0.2) is 9.97 Å². The summed E-state index contributed by atoms with van der Waals surface area (Å²) in [5.74, 6) is 0.746. The molecule has 1 aromatic rings. The molecule has 0 radical (unpaired) electrons. The second kappa shape index (κ2) is 3.77. The lowest BCUT2D eigenvalue weighted by Gasteiger charge is -2.12. The molecule has 3 nitrogen and oxygen atoms in total. The van der Waals surface area contributed by atoms with E-state index in [9.17, 15) is 0 Å². The van der Waals surface area contributed by atoms with Crippen molar-refractivity contribution in [2.45, 2.75) is 24.5 Å². The van der Waals surface area contributed by atoms with E-state index >= 15 is 0 Å². The average molecular weight is 209 g/mol. The first-order chi connectivity index (χ1) is 6.74. The molecule has 0 aliphatic heterocycles. The van der Waals surface area contributed by atoms with E-state index in [0.717, 1.165) is 18.1 Å². The number of aryl methyl sites for hydroxylation is 1. The van der Waals surface area contributed by atoms with Crippen LogP contribution in [0.5, 0.6) is 0 Å². The second-order valence-electron chi connectivity index (χ2n) is 3.82. The van der Waals surface area contributed by atoms with Crippen LogP contribution in [0.25, 0.3) is 0 Å². The molecule has 14 heavy (non-hydrogen) atoms. The van der Waals surface area contributed by atoms with E-state index in [1.54, 1.807) is 0 Å². The van der Waals surface area contributed by atoms with E-state index in [-0.39, 0.29) is 0 Å². The lowest BCUT2D eigenvalue weighted by Crippen LogP contribution is -2.18. The van der Waals surface area contributed by atoms with E-state index < -0.39 is 0 Å². The summed E-state index contributed by atoms with van der Waals surface area (Å²) in [6, 6.07) is 0. The Morgan fingerprint density at radius 2 is 2.07 bits per heavy atom. The van der Waals surface area contributed by atoms with E-state index in [4.69, 9.17) is 0 Å². The Hall–Kier alpha value is -0.770. The fourth-order valence-corrected chi connectivity index (χ4v) is 2.04. The molecule has 0 atom stereocenters. The zero-order chi connectivity index (χ0) is 10.0. The van der Waals surface area contributed by atoms with Gasteiger partial charge < -0.3 is 5.32 Å². The molecule has 0 bridgehead atoms. The van der Waals surface area contributed by atoms with Crippen molar-refractivity contribution in [1.82, 2.24) is 9.97 Å². The number of hydrogen-bond donors (Lipinski definition) is 1. The third-order valence-corrected chi connectivity index (χ3v) is 4.01. The number of rotatable bonds is 4. The minimum absolute atomic E-state index is 0.467. The van der Waals surface area contributed by atoms with Gasteiger partial charge in [0.25, 0.3) is 0 Å².